The summed E-state index contributed by atoms with van der Waals surface area (Å²) in [5, 5.41) is 5.18. The molecule has 3 aromatic rings. The summed E-state index contributed by atoms with van der Waals surface area (Å²) in [4.78, 5) is 0. The summed E-state index contributed by atoms with van der Waals surface area (Å²) in [6, 6.07) is 15.2. The van der Waals surface area contributed by atoms with Crippen LogP contribution in [-0.4, -0.2) is 5.16 Å². The molecule has 20 heavy (non-hydrogen) atoms. The first kappa shape index (κ1) is 13.2. The van der Waals surface area contributed by atoms with Crippen LogP contribution in [0, 0.1) is 6.92 Å². The van der Waals surface area contributed by atoms with E-state index in [1.165, 1.54) is 0 Å². The number of benzene rings is 2. The average Bonchev–Trinajstić information content (AvgIpc) is 2.88. The molecule has 0 radical (unpaired) electrons. The van der Waals surface area contributed by atoms with Gasteiger partial charge >= 0.3 is 0 Å². The van der Waals surface area contributed by atoms with E-state index in [0.717, 1.165) is 11.1 Å². The molecule has 0 aliphatic rings. The van der Waals surface area contributed by atoms with Crippen molar-refractivity contribution in [3.63, 3.8) is 0 Å². The predicted octanol–water partition coefficient (Wildman–Crippen LogP) is 5.62. The fraction of sp³-hybridized carbons (Fsp3) is 0.0625. The Labute approximate surface area is 126 Å². The molecule has 0 saturated heterocycles. The van der Waals surface area contributed by atoms with Crippen LogP contribution < -0.4 is 0 Å². The molecule has 0 N–H and O–H groups in total. The second-order valence-electron chi connectivity index (χ2n) is 4.54. The smallest absolute Gasteiger partial charge is 0.167 e. The van der Waals surface area contributed by atoms with Gasteiger partial charge in [0.05, 0.1) is 10.0 Å². The van der Waals surface area contributed by atoms with Crippen molar-refractivity contribution in [2.45, 2.75) is 6.92 Å². The lowest BCUT2D eigenvalue weighted by Crippen LogP contribution is -1.80. The molecule has 100 valence electrons. The van der Waals surface area contributed by atoms with E-state index < -0.39 is 0 Å². The molecule has 1 aromatic heterocycles. The lowest BCUT2D eigenvalue weighted by atomic mass is 10.1. The second-order valence-corrected chi connectivity index (χ2v) is 5.36. The lowest BCUT2D eigenvalue weighted by molar-refractivity contribution is 0.435. The Balaban J connectivity index is 2.07. The van der Waals surface area contributed by atoms with Gasteiger partial charge in [-0.05, 0) is 25.1 Å². The third kappa shape index (κ3) is 2.45. The average molecular weight is 304 g/mol. The van der Waals surface area contributed by atoms with Crippen molar-refractivity contribution in [3.05, 3.63) is 64.1 Å². The zero-order valence-corrected chi connectivity index (χ0v) is 12.2. The van der Waals surface area contributed by atoms with E-state index in [2.05, 4.69) is 5.16 Å². The molecule has 0 fully saturated rings. The lowest BCUT2D eigenvalue weighted by Gasteiger charge is -2.01. The number of aryl methyl sites for hydroxylation is 1. The molecule has 3 rings (SSSR count). The van der Waals surface area contributed by atoms with E-state index in [0.29, 0.717) is 27.1 Å². The van der Waals surface area contributed by atoms with Crippen LogP contribution in [0.4, 0.5) is 0 Å². The maximum Gasteiger partial charge on any atom is 0.167 e. The molecule has 1 heterocycles. The number of rotatable bonds is 2. The van der Waals surface area contributed by atoms with Gasteiger partial charge in [0.2, 0.25) is 0 Å². The third-order valence-corrected chi connectivity index (χ3v) is 3.66. The van der Waals surface area contributed by atoms with Crippen LogP contribution in [0.2, 0.25) is 10.0 Å². The van der Waals surface area contributed by atoms with Gasteiger partial charge in [-0.15, -0.1) is 0 Å². The van der Waals surface area contributed by atoms with Crippen molar-refractivity contribution in [3.8, 4) is 22.6 Å². The number of nitrogens with zero attached hydrogens (tertiary/aromatic N) is 1. The van der Waals surface area contributed by atoms with E-state index in [1.807, 2.05) is 37.3 Å². The van der Waals surface area contributed by atoms with E-state index in [4.69, 9.17) is 27.7 Å². The fourth-order valence-electron chi connectivity index (χ4n) is 2.07. The highest BCUT2D eigenvalue weighted by molar-refractivity contribution is 6.39. The molecule has 0 bridgehead atoms. The molecule has 4 heteroatoms. The monoisotopic (exact) mass is 303 g/mol. The molecule has 0 unspecified atom stereocenters. The van der Waals surface area contributed by atoms with Gasteiger partial charge in [-0.2, -0.15) is 0 Å². The first-order valence-electron chi connectivity index (χ1n) is 6.13. The van der Waals surface area contributed by atoms with Crippen LogP contribution >= 0.6 is 23.2 Å². The number of hydrogen-bond acceptors (Lipinski definition) is 2. The quantitative estimate of drug-likeness (QED) is 0.613. The molecule has 2 aromatic carbocycles. The molecule has 0 saturated carbocycles. The molecule has 2 nitrogen and oxygen atoms in total. The Morgan fingerprint density at radius 2 is 1.65 bits per heavy atom. The Hall–Kier alpha value is -1.77. The number of aromatic nitrogens is 1. The van der Waals surface area contributed by atoms with Crippen LogP contribution in [0.3, 0.4) is 0 Å². The van der Waals surface area contributed by atoms with Crippen molar-refractivity contribution in [2.24, 2.45) is 0 Å². The maximum absolute atomic E-state index is 6.18. The Kier molecular flexibility index (Phi) is 3.51. The minimum Gasteiger partial charge on any atom is -0.356 e. The minimum atomic E-state index is 0.557. The minimum absolute atomic E-state index is 0.557. The van der Waals surface area contributed by atoms with Gasteiger partial charge < -0.3 is 4.52 Å². The highest BCUT2D eigenvalue weighted by atomic mass is 35.5. The van der Waals surface area contributed by atoms with Crippen LogP contribution in [-0.2, 0) is 0 Å². The molecule has 0 spiro atoms. The summed E-state index contributed by atoms with van der Waals surface area (Å²) in [7, 11) is 0. The second kappa shape index (κ2) is 5.31. The van der Waals surface area contributed by atoms with Crippen LogP contribution in [0.1, 0.15) is 5.56 Å². The highest BCUT2D eigenvalue weighted by Gasteiger charge is 2.14. The summed E-state index contributed by atoms with van der Waals surface area (Å²) < 4.78 is 5.40. The third-order valence-electron chi connectivity index (χ3n) is 3.03. The first-order valence-corrected chi connectivity index (χ1v) is 6.89. The molecular formula is C16H11Cl2NO. The predicted molar refractivity (Wildman–Crippen MR) is 82.1 cm³/mol. The van der Waals surface area contributed by atoms with E-state index >= 15 is 0 Å². The van der Waals surface area contributed by atoms with Crippen molar-refractivity contribution in [1.29, 1.82) is 0 Å². The van der Waals surface area contributed by atoms with Crippen molar-refractivity contribution < 1.29 is 4.52 Å². The van der Waals surface area contributed by atoms with Crippen LogP contribution in [0.15, 0.2) is 53.1 Å². The van der Waals surface area contributed by atoms with Gasteiger partial charge in [-0.1, -0.05) is 58.2 Å². The number of hydrogen-bond donors (Lipinski definition) is 0. The van der Waals surface area contributed by atoms with Crippen molar-refractivity contribution in [1.82, 2.24) is 5.16 Å². The normalized spacial score (nSPS) is 10.8. The topological polar surface area (TPSA) is 26.0 Å². The van der Waals surface area contributed by atoms with Crippen molar-refractivity contribution >= 4 is 23.2 Å². The summed E-state index contributed by atoms with van der Waals surface area (Å²) >= 11 is 12.4. The maximum atomic E-state index is 6.18. The molecule has 0 amide bonds. The van der Waals surface area contributed by atoms with E-state index in [9.17, 15) is 0 Å². The number of halogens is 2. The molecule has 0 aliphatic heterocycles. The summed E-state index contributed by atoms with van der Waals surface area (Å²) in [6.45, 7) is 2.03. The summed E-state index contributed by atoms with van der Waals surface area (Å²) in [6.07, 6.45) is 0. The van der Waals surface area contributed by atoms with Gasteiger partial charge in [-0.3, -0.25) is 0 Å². The van der Waals surface area contributed by atoms with Gasteiger partial charge in [0.1, 0.15) is 5.69 Å². The fourth-order valence-corrected chi connectivity index (χ4v) is 2.66. The Morgan fingerprint density at radius 3 is 2.35 bits per heavy atom. The molecule has 0 aliphatic carbocycles. The zero-order chi connectivity index (χ0) is 14.1. The zero-order valence-electron chi connectivity index (χ0n) is 10.7. The van der Waals surface area contributed by atoms with Gasteiger partial charge in [-0.25, -0.2) is 0 Å². The van der Waals surface area contributed by atoms with Crippen molar-refractivity contribution in [2.75, 3.05) is 0 Å². The van der Waals surface area contributed by atoms with Gasteiger partial charge in [0.25, 0.3) is 0 Å². The first-order chi connectivity index (χ1) is 9.65. The molecular weight excluding hydrogens is 293 g/mol. The Bertz CT molecular complexity index is 744. The highest BCUT2D eigenvalue weighted by Crippen LogP contribution is 2.35. The van der Waals surface area contributed by atoms with E-state index in [1.54, 1.807) is 18.2 Å². The van der Waals surface area contributed by atoms with Crippen LogP contribution in [0.5, 0.6) is 0 Å². The SMILES string of the molecule is Cc1cccc(-c2cc(-c3c(Cl)cccc3Cl)no2)c1. The van der Waals surface area contributed by atoms with Gasteiger partial charge in [0, 0.05) is 17.2 Å². The Morgan fingerprint density at radius 1 is 0.950 bits per heavy atom. The van der Waals surface area contributed by atoms with Gasteiger partial charge in [0.15, 0.2) is 5.76 Å². The largest absolute Gasteiger partial charge is 0.356 e. The van der Waals surface area contributed by atoms with Crippen LogP contribution in [0.25, 0.3) is 22.6 Å². The summed E-state index contributed by atoms with van der Waals surface area (Å²) in [5.41, 5.74) is 3.47. The molecule has 0 atom stereocenters. The summed E-state index contributed by atoms with van der Waals surface area (Å²) in [5.74, 6) is 0.694. The standard InChI is InChI=1S/C16H11Cl2NO/c1-10-4-2-5-11(8-10)15-9-14(19-20-15)16-12(17)6-3-7-13(16)18/h2-9H,1H3. The van der Waals surface area contributed by atoms with E-state index in [-0.39, 0.29) is 0 Å².